The van der Waals surface area contributed by atoms with Crippen molar-refractivity contribution in [2.45, 2.75) is 26.7 Å². The lowest BCUT2D eigenvalue weighted by Crippen LogP contribution is -2.20. The lowest BCUT2D eigenvalue weighted by atomic mass is 10.0. The number of hydrogen-bond donors (Lipinski definition) is 0. The highest BCUT2D eigenvalue weighted by atomic mass is 19.1. The number of aromatic nitrogens is 2. The molecule has 142 valence electrons. The Hall–Kier alpha value is -2.76. The first kappa shape index (κ1) is 19.0. The molecule has 0 N–H and O–H groups in total. The van der Waals surface area contributed by atoms with Crippen LogP contribution in [0, 0.1) is 12.7 Å². The Labute approximate surface area is 157 Å². The number of rotatable bonds is 3. The molecule has 0 bridgehead atoms. The Kier molecular flexibility index (Phi) is 5.54. The molecule has 0 radical (unpaired) electrons. The SMILES string of the molecule is CC(=O)c1c(N2CCCC2)nc2ccc(-c3cccc(F)c3C)cn12.CF. The molecule has 27 heavy (non-hydrogen) atoms. The number of imidazole rings is 1. The van der Waals surface area contributed by atoms with Crippen LogP contribution in [0.3, 0.4) is 0 Å². The van der Waals surface area contributed by atoms with Gasteiger partial charge in [0.1, 0.15) is 17.2 Å². The van der Waals surface area contributed by atoms with Gasteiger partial charge in [-0.15, -0.1) is 0 Å². The molecule has 4 nitrogen and oxygen atoms in total. The fourth-order valence-electron chi connectivity index (χ4n) is 3.59. The molecule has 0 saturated carbocycles. The molecule has 3 aromatic rings. The summed E-state index contributed by atoms with van der Waals surface area (Å²) in [7, 11) is 0.500. The smallest absolute Gasteiger partial charge is 0.180 e. The van der Waals surface area contributed by atoms with E-state index in [1.807, 2.05) is 28.8 Å². The zero-order valence-corrected chi connectivity index (χ0v) is 15.8. The van der Waals surface area contributed by atoms with Crippen molar-refractivity contribution in [3.05, 3.63) is 53.6 Å². The second-order valence-corrected chi connectivity index (χ2v) is 6.59. The monoisotopic (exact) mass is 371 g/mol. The molecule has 1 fully saturated rings. The average Bonchev–Trinajstić information content (AvgIpc) is 3.32. The van der Waals surface area contributed by atoms with Crippen molar-refractivity contribution in [2.75, 3.05) is 25.2 Å². The first-order valence-electron chi connectivity index (χ1n) is 8.97. The van der Waals surface area contributed by atoms with E-state index in [1.165, 1.54) is 6.07 Å². The standard InChI is InChI=1S/C20H20FN3O.CH3F/c1-13-16(6-5-7-17(13)21)15-8-9-18-22-20(23-10-3-4-11-23)19(14(2)25)24(18)12-15;1-2/h5-9,12H,3-4,10-11H2,1-2H3;1H3. The second kappa shape index (κ2) is 7.86. The van der Waals surface area contributed by atoms with Crippen molar-refractivity contribution in [1.29, 1.82) is 0 Å². The van der Waals surface area contributed by atoms with Crippen LogP contribution in [-0.2, 0) is 0 Å². The zero-order valence-electron chi connectivity index (χ0n) is 15.8. The van der Waals surface area contributed by atoms with Gasteiger partial charge in [0, 0.05) is 26.2 Å². The molecule has 0 amide bonds. The van der Waals surface area contributed by atoms with Crippen molar-refractivity contribution in [3.8, 4) is 11.1 Å². The minimum atomic E-state index is -0.229. The Balaban J connectivity index is 0.00000102. The Morgan fingerprint density at radius 3 is 2.48 bits per heavy atom. The summed E-state index contributed by atoms with van der Waals surface area (Å²) in [6, 6.07) is 8.89. The van der Waals surface area contributed by atoms with Crippen molar-refractivity contribution < 1.29 is 13.6 Å². The lowest BCUT2D eigenvalue weighted by molar-refractivity contribution is 0.101. The summed E-state index contributed by atoms with van der Waals surface area (Å²) in [5.41, 5.74) is 3.65. The van der Waals surface area contributed by atoms with Crippen LogP contribution < -0.4 is 4.90 Å². The summed E-state index contributed by atoms with van der Waals surface area (Å²) in [5, 5.41) is 0. The Bertz CT molecular complexity index is 975. The summed E-state index contributed by atoms with van der Waals surface area (Å²) in [6.07, 6.45) is 4.14. The first-order valence-corrected chi connectivity index (χ1v) is 8.97. The minimum absolute atomic E-state index is 0.0116. The maximum Gasteiger partial charge on any atom is 0.180 e. The largest absolute Gasteiger partial charge is 0.355 e. The van der Waals surface area contributed by atoms with E-state index in [9.17, 15) is 13.6 Å². The minimum Gasteiger partial charge on any atom is -0.355 e. The van der Waals surface area contributed by atoms with Crippen LogP contribution in [0.15, 0.2) is 36.5 Å². The highest BCUT2D eigenvalue weighted by Gasteiger charge is 2.23. The molecule has 1 saturated heterocycles. The Morgan fingerprint density at radius 1 is 1.11 bits per heavy atom. The third-order valence-corrected chi connectivity index (χ3v) is 4.92. The van der Waals surface area contributed by atoms with Crippen LogP contribution in [0.4, 0.5) is 14.6 Å². The summed E-state index contributed by atoms with van der Waals surface area (Å²) >= 11 is 0. The normalized spacial score (nSPS) is 13.6. The third kappa shape index (κ3) is 3.44. The number of benzene rings is 1. The quantitative estimate of drug-likeness (QED) is 0.619. The van der Waals surface area contributed by atoms with Crippen LogP contribution in [0.2, 0.25) is 0 Å². The molecule has 3 heterocycles. The van der Waals surface area contributed by atoms with Gasteiger partial charge in [0.25, 0.3) is 0 Å². The van der Waals surface area contributed by atoms with Gasteiger partial charge in [0.2, 0.25) is 0 Å². The number of pyridine rings is 1. The van der Waals surface area contributed by atoms with Gasteiger partial charge >= 0.3 is 0 Å². The van der Waals surface area contributed by atoms with E-state index < -0.39 is 0 Å². The molecule has 6 heteroatoms. The van der Waals surface area contributed by atoms with Crippen LogP contribution in [0.5, 0.6) is 0 Å². The molecule has 2 aromatic heterocycles. The number of fused-ring (bicyclic) bond motifs is 1. The lowest BCUT2D eigenvalue weighted by Gasteiger charge is -2.15. The number of ketones is 1. The van der Waals surface area contributed by atoms with Gasteiger partial charge in [-0.25, -0.2) is 9.37 Å². The van der Waals surface area contributed by atoms with Gasteiger partial charge < -0.3 is 4.90 Å². The number of anilines is 1. The van der Waals surface area contributed by atoms with Crippen molar-refractivity contribution in [1.82, 2.24) is 9.38 Å². The average molecular weight is 371 g/mol. The number of carbonyl (C=O) groups is 1. The van der Waals surface area contributed by atoms with Gasteiger partial charge in [-0.2, -0.15) is 0 Å². The van der Waals surface area contributed by atoms with E-state index in [0.29, 0.717) is 18.4 Å². The molecule has 0 aliphatic carbocycles. The Morgan fingerprint density at radius 2 is 1.81 bits per heavy atom. The summed E-state index contributed by atoms with van der Waals surface area (Å²) in [4.78, 5) is 19.2. The molecule has 1 aliphatic rings. The van der Waals surface area contributed by atoms with Crippen molar-refractivity contribution in [3.63, 3.8) is 0 Å². The number of Topliss-reactive ketones (excluding diaryl/α,β-unsaturated/α-hetero) is 1. The van der Waals surface area contributed by atoms with Gasteiger partial charge in [-0.1, -0.05) is 12.1 Å². The number of carbonyl (C=O) groups excluding carboxylic acids is 1. The molecule has 0 atom stereocenters. The number of alkyl halides is 1. The predicted octanol–water partition coefficient (Wildman–Crippen LogP) is 4.84. The maximum atomic E-state index is 13.9. The van der Waals surface area contributed by atoms with E-state index in [2.05, 4.69) is 9.88 Å². The molecule has 1 aliphatic heterocycles. The number of nitrogens with zero attached hydrogens (tertiary/aromatic N) is 3. The molecular weight excluding hydrogens is 348 g/mol. The molecule has 1 aromatic carbocycles. The fraction of sp³-hybridized carbons (Fsp3) is 0.333. The number of hydrogen-bond acceptors (Lipinski definition) is 3. The molecule has 4 rings (SSSR count). The van der Waals surface area contributed by atoms with Crippen LogP contribution in [0.1, 0.15) is 35.8 Å². The first-order chi connectivity index (χ1) is 13.1. The third-order valence-electron chi connectivity index (χ3n) is 4.92. The van der Waals surface area contributed by atoms with E-state index >= 15 is 0 Å². The molecule has 0 spiro atoms. The van der Waals surface area contributed by atoms with E-state index in [-0.39, 0.29) is 11.6 Å². The van der Waals surface area contributed by atoms with Gasteiger partial charge in [0.15, 0.2) is 11.6 Å². The van der Waals surface area contributed by atoms with Crippen LogP contribution >= 0.6 is 0 Å². The van der Waals surface area contributed by atoms with Gasteiger partial charge in [0.05, 0.1) is 7.18 Å². The molecular formula is C21H23F2N3O. The summed E-state index contributed by atoms with van der Waals surface area (Å²) in [6.45, 7) is 5.20. The predicted molar refractivity (Wildman–Crippen MR) is 104 cm³/mol. The zero-order chi connectivity index (χ0) is 19.6. The van der Waals surface area contributed by atoms with E-state index in [4.69, 9.17) is 0 Å². The maximum absolute atomic E-state index is 13.9. The molecule has 0 unspecified atom stereocenters. The van der Waals surface area contributed by atoms with E-state index in [1.54, 1.807) is 19.9 Å². The van der Waals surface area contributed by atoms with Crippen LogP contribution in [0.25, 0.3) is 16.8 Å². The topological polar surface area (TPSA) is 37.6 Å². The van der Waals surface area contributed by atoms with Gasteiger partial charge in [-0.05, 0) is 54.7 Å². The number of halogens is 2. The highest BCUT2D eigenvalue weighted by Crippen LogP contribution is 2.30. The summed E-state index contributed by atoms with van der Waals surface area (Å²) < 4.78 is 25.3. The summed E-state index contributed by atoms with van der Waals surface area (Å²) in [5.74, 6) is 0.522. The van der Waals surface area contributed by atoms with Crippen molar-refractivity contribution >= 4 is 17.2 Å². The van der Waals surface area contributed by atoms with Gasteiger partial charge in [-0.3, -0.25) is 13.6 Å². The fourth-order valence-corrected chi connectivity index (χ4v) is 3.59. The highest BCUT2D eigenvalue weighted by molar-refractivity contribution is 5.98. The van der Waals surface area contributed by atoms with Crippen LogP contribution in [-0.4, -0.2) is 35.4 Å². The van der Waals surface area contributed by atoms with Crippen molar-refractivity contribution in [2.24, 2.45) is 0 Å². The van der Waals surface area contributed by atoms with E-state index in [0.717, 1.165) is 48.5 Å². The second-order valence-electron chi connectivity index (χ2n) is 6.59.